The Balaban J connectivity index is 2.24. The predicted molar refractivity (Wildman–Crippen MR) is 71.1 cm³/mol. The molecular formula is C13H16N4O. The standard InChI is InChI=1S/C13H16N4O/c1-2-3-10(14)13(18)17-12-5-7-16-11-4-6-15-8-9(11)12/h4-8,10H,2-3,14H2,1H3,(H,16,17,18). The SMILES string of the molecule is CCCC(N)C(=O)Nc1ccnc2ccncc12. The molecule has 0 saturated heterocycles. The van der Waals surface area contributed by atoms with Gasteiger partial charge in [-0.1, -0.05) is 13.3 Å². The molecule has 5 heteroatoms. The highest BCUT2D eigenvalue weighted by Crippen LogP contribution is 2.20. The van der Waals surface area contributed by atoms with E-state index in [0.29, 0.717) is 12.1 Å². The van der Waals surface area contributed by atoms with E-state index in [1.54, 1.807) is 30.7 Å². The Labute approximate surface area is 105 Å². The maximum absolute atomic E-state index is 11.9. The molecule has 0 aliphatic carbocycles. The molecule has 94 valence electrons. The molecule has 0 radical (unpaired) electrons. The van der Waals surface area contributed by atoms with Crippen molar-refractivity contribution < 1.29 is 4.79 Å². The van der Waals surface area contributed by atoms with Crippen molar-refractivity contribution >= 4 is 22.5 Å². The van der Waals surface area contributed by atoms with E-state index in [1.165, 1.54) is 0 Å². The lowest BCUT2D eigenvalue weighted by molar-refractivity contribution is -0.117. The first kappa shape index (κ1) is 12.4. The van der Waals surface area contributed by atoms with Gasteiger partial charge in [0.25, 0.3) is 0 Å². The van der Waals surface area contributed by atoms with Crippen molar-refractivity contribution in [1.29, 1.82) is 0 Å². The topological polar surface area (TPSA) is 80.9 Å². The van der Waals surface area contributed by atoms with Crippen molar-refractivity contribution in [2.45, 2.75) is 25.8 Å². The summed E-state index contributed by atoms with van der Waals surface area (Å²) in [7, 11) is 0. The molecule has 2 rings (SSSR count). The van der Waals surface area contributed by atoms with Gasteiger partial charge in [0, 0.05) is 24.0 Å². The van der Waals surface area contributed by atoms with Crippen LogP contribution in [-0.2, 0) is 4.79 Å². The van der Waals surface area contributed by atoms with Gasteiger partial charge in [-0.2, -0.15) is 0 Å². The Bertz CT molecular complexity index is 550. The van der Waals surface area contributed by atoms with Gasteiger partial charge in [-0.15, -0.1) is 0 Å². The van der Waals surface area contributed by atoms with Gasteiger partial charge in [-0.3, -0.25) is 14.8 Å². The number of nitrogens with one attached hydrogen (secondary N) is 1. The Morgan fingerprint density at radius 3 is 3.06 bits per heavy atom. The number of carbonyl (C=O) groups excluding carboxylic acids is 1. The highest BCUT2D eigenvalue weighted by atomic mass is 16.2. The smallest absolute Gasteiger partial charge is 0.241 e. The fraction of sp³-hybridized carbons (Fsp3) is 0.308. The molecule has 1 atom stereocenters. The maximum atomic E-state index is 11.9. The lowest BCUT2D eigenvalue weighted by Gasteiger charge is -2.12. The number of nitrogens with zero attached hydrogens (tertiary/aromatic N) is 2. The Hall–Kier alpha value is -2.01. The molecular weight excluding hydrogens is 228 g/mol. The molecule has 1 unspecified atom stereocenters. The first-order valence-corrected chi connectivity index (χ1v) is 5.97. The second-order valence-electron chi connectivity index (χ2n) is 4.14. The van der Waals surface area contributed by atoms with Crippen molar-refractivity contribution in [3.63, 3.8) is 0 Å². The molecule has 0 fully saturated rings. The number of aromatic nitrogens is 2. The van der Waals surface area contributed by atoms with Crippen LogP contribution >= 0.6 is 0 Å². The van der Waals surface area contributed by atoms with Crippen LogP contribution in [-0.4, -0.2) is 21.9 Å². The summed E-state index contributed by atoms with van der Waals surface area (Å²) in [5, 5.41) is 3.64. The van der Waals surface area contributed by atoms with E-state index >= 15 is 0 Å². The van der Waals surface area contributed by atoms with Gasteiger partial charge >= 0.3 is 0 Å². The summed E-state index contributed by atoms with van der Waals surface area (Å²) >= 11 is 0. The molecule has 0 saturated carbocycles. The van der Waals surface area contributed by atoms with Gasteiger partial charge in [0.2, 0.25) is 5.91 Å². The summed E-state index contributed by atoms with van der Waals surface area (Å²) < 4.78 is 0. The monoisotopic (exact) mass is 244 g/mol. The maximum Gasteiger partial charge on any atom is 0.241 e. The average Bonchev–Trinajstić information content (AvgIpc) is 2.39. The minimum atomic E-state index is -0.477. The Morgan fingerprint density at radius 1 is 1.44 bits per heavy atom. The highest BCUT2D eigenvalue weighted by molar-refractivity contribution is 6.02. The fourth-order valence-electron chi connectivity index (χ4n) is 1.77. The Morgan fingerprint density at radius 2 is 2.28 bits per heavy atom. The number of nitrogens with two attached hydrogens (primary N) is 1. The molecule has 1 amide bonds. The van der Waals surface area contributed by atoms with Crippen LogP contribution < -0.4 is 11.1 Å². The lowest BCUT2D eigenvalue weighted by Crippen LogP contribution is -2.35. The number of fused-ring (bicyclic) bond motifs is 1. The van der Waals surface area contributed by atoms with Crippen LogP contribution in [0.5, 0.6) is 0 Å². The minimum Gasteiger partial charge on any atom is -0.324 e. The molecule has 2 aromatic rings. The quantitative estimate of drug-likeness (QED) is 0.857. The van der Waals surface area contributed by atoms with Gasteiger partial charge < -0.3 is 11.1 Å². The first-order valence-electron chi connectivity index (χ1n) is 5.97. The number of amides is 1. The summed E-state index contributed by atoms with van der Waals surface area (Å²) in [4.78, 5) is 20.1. The summed E-state index contributed by atoms with van der Waals surface area (Å²) in [6, 6.07) is 3.08. The lowest BCUT2D eigenvalue weighted by atomic mass is 10.1. The number of hydrogen-bond donors (Lipinski definition) is 2. The molecule has 3 N–H and O–H groups in total. The van der Waals surface area contributed by atoms with Gasteiger partial charge in [0.1, 0.15) is 0 Å². The van der Waals surface area contributed by atoms with Gasteiger partial charge in [0.05, 0.1) is 17.2 Å². The van der Waals surface area contributed by atoms with E-state index in [1.807, 2.05) is 6.92 Å². The number of hydrogen-bond acceptors (Lipinski definition) is 4. The Kier molecular flexibility index (Phi) is 3.84. The molecule has 0 bridgehead atoms. The summed E-state index contributed by atoms with van der Waals surface area (Å²) in [5.74, 6) is -0.173. The molecule has 0 spiro atoms. The van der Waals surface area contributed by atoms with E-state index in [-0.39, 0.29) is 5.91 Å². The molecule has 2 aromatic heterocycles. The third-order valence-corrected chi connectivity index (χ3v) is 2.74. The number of rotatable bonds is 4. The largest absolute Gasteiger partial charge is 0.324 e. The van der Waals surface area contributed by atoms with Crippen LogP contribution in [0.15, 0.2) is 30.7 Å². The third-order valence-electron chi connectivity index (χ3n) is 2.74. The summed E-state index contributed by atoms with van der Waals surface area (Å²) in [5.41, 5.74) is 7.27. The zero-order valence-electron chi connectivity index (χ0n) is 10.3. The van der Waals surface area contributed by atoms with Crippen molar-refractivity contribution in [2.24, 2.45) is 5.73 Å². The van der Waals surface area contributed by atoms with Crippen LogP contribution in [0.2, 0.25) is 0 Å². The van der Waals surface area contributed by atoms with Crippen molar-refractivity contribution in [3.05, 3.63) is 30.7 Å². The molecule has 18 heavy (non-hydrogen) atoms. The average molecular weight is 244 g/mol. The molecule has 2 heterocycles. The zero-order valence-corrected chi connectivity index (χ0v) is 10.3. The number of carbonyl (C=O) groups is 1. The van der Waals surface area contributed by atoms with E-state index in [2.05, 4.69) is 15.3 Å². The van der Waals surface area contributed by atoms with Crippen molar-refractivity contribution in [3.8, 4) is 0 Å². The third kappa shape index (κ3) is 2.62. The molecule has 0 aliphatic heterocycles. The van der Waals surface area contributed by atoms with Crippen molar-refractivity contribution in [2.75, 3.05) is 5.32 Å². The normalized spacial score (nSPS) is 12.3. The van der Waals surface area contributed by atoms with Crippen LogP contribution in [0, 0.1) is 0 Å². The second kappa shape index (κ2) is 5.55. The molecule has 5 nitrogen and oxygen atoms in total. The molecule has 0 aliphatic rings. The predicted octanol–water partition coefficient (Wildman–Crippen LogP) is 1.70. The number of anilines is 1. The minimum absolute atomic E-state index is 0.173. The fourth-order valence-corrected chi connectivity index (χ4v) is 1.77. The van der Waals surface area contributed by atoms with Gasteiger partial charge in [-0.25, -0.2) is 0 Å². The van der Waals surface area contributed by atoms with E-state index in [9.17, 15) is 4.79 Å². The van der Waals surface area contributed by atoms with Gasteiger partial charge in [-0.05, 0) is 18.6 Å². The van der Waals surface area contributed by atoms with Crippen molar-refractivity contribution in [1.82, 2.24) is 9.97 Å². The van der Waals surface area contributed by atoms with Crippen LogP contribution in [0.1, 0.15) is 19.8 Å². The number of pyridine rings is 2. The van der Waals surface area contributed by atoms with E-state index in [4.69, 9.17) is 5.73 Å². The zero-order chi connectivity index (χ0) is 13.0. The summed E-state index contributed by atoms with van der Waals surface area (Å²) in [6.45, 7) is 2.00. The van der Waals surface area contributed by atoms with Gasteiger partial charge in [0.15, 0.2) is 0 Å². The van der Waals surface area contributed by atoms with E-state index in [0.717, 1.165) is 17.3 Å². The van der Waals surface area contributed by atoms with Crippen LogP contribution in [0.3, 0.4) is 0 Å². The van der Waals surface area contributed by atoms with Crippen LogP contribution in [0.4, 0.5) is 5.69 Å². The van der Waals surface area contributed by atoms with E-state index < -0.39 is 6.04 Å². The van der Waals surface area contributed by atoms with Crippen LogP contribution in [0.25, 0.3) is 10.9 Å². The molecule has 0 aromatic carbocycles. The second-order valence-corrected chi connectivity index (χ2v) is 4.14. The first-order chi connectivity index (χ1) is 8.72. The summed E-state index contributed by atoms with van der Waals surface area (Å²) in [6.07, 6.45) is 6.57. The highest BCUT2D eigenvalue weighted by Gasteiger charge is 2.13.